The molecule has 0 radical (unpaired) electrons. The van der Waals surface area contributed by atoms with Gasteiger partial charge in [0, 0.05) is 25.8 Å². The molecule has 0 bridgehead atoms. The molecule has 0 aliphatic carbocycles. The van der Waals surface area contributed by atoms with Gasteiger partial charge in [-0.1, -0.05) is 12.6 Å². The number of primary amides is 1. The minimum atomic E-state index is -2.76. The standard InChI is InChI=1S/C22H22F2N10O2/c1-13(18(25)35)16-3-2-14(8-26-16)9-27-19-17-20(31-22(30-19)32-4-6-36-7-5-32)33(12-28-17)15-10-29-34(11-15)21(23)24/h2-3,8,10-12,21H,1,4-7,9H2,(H2,25,35)(H,27,30,31). The van der Waals surface area contributed by atoms with Gasteiger partial charge in [0.25, 0.3) is 0 Å². The maximum atomic E-state index is 13.1. The average molecular weight is 496 g/mol. The Morgan fingerprint density at radius 1 is 1.19 bits per heavy atom. The van der Waals surface area contributed by atoms with Crippen LogP contribution >= 0.6 is 0 Å². The van der Waals surface area contributed by atoms with Gasteiger partial charge in [-0.05, 0) is 11.6 Å². The van der Waals surface area contributed by atoms with Crippen molar-refractivity contribution >= 4 is 34.4 Å². The Morgan fingerprint density at radius 3 is 2.67 bits per heavy atom. The Hall–Kier alpha value is -4.46. The Kier molecular flexibility index (Phi) is 6.25. The molecular weight excluding hydrogens is 474 g/mol. The molecule has 186 valence electrons. The van der Waals surface area contributed by atoms with Crippen molar-refractivity contribution in [2.75, 3.05) is 36.5 Å². The monoisotopic (exact) mass is 496 g/mol. The van der Waals surface area contributed by atoms with Crippen LogP contribution in [-0.4, -0.2) is 66.5 Å². The first-order chi connectivity index (χ1) is 17.4. The number of aromatic nitrogens is 7. The molecule has 4 aromatic heterocycles. The smallest absolute Gasteiger partial charge is 0.333 e. The zero-order chi connectivity index (χ0) is 25.2. The normalized spacial score (nSPS) is 13.9. The van der Waals surface area contributed by atoms with Crippen LogP contribution in [0.15, 0.2) is 43.6 Å². The number of hydrogen-bond acceptors (Lipinski definition) is 9. The largest absolute Gasteiger partial charge is 0.378 e. The van der Waals surface area contributed by atoms with Crippen molar-refractivity contribution in [2.24, 2.45) is 5.73 Å². The molecule has 5 rings (SSSR count). The van der Waals surface area contributed by atoms with Crippen molar-refractivity contribution in [1.29, 1.82) is 0 Å². The SMILES string of the molecule is C=C(C(N)=O)c1ccc(CNc2nc(N3CCOCC3)nc3c2ncn3-c2cnn(C(F)F)c2)cn1. The molecule has 0 saturated carbocycles. The summed E-state index contributed by atoms with van der Waals surface area (Å²) in [4.78, 5) is 31.3. The Balaban J connectivity index is 1.48. The number of carbonyl (C=O) groups excluding carboxylic acids is 1. The molecule has 1 aliphatic heterocycles. The molecule has 36 heavy (non-hydrogen) atoms. The van der Waals surface area contributed by atoms with Crippen molar-refractivity contribution in [3.8, 4) is 5.69 Å². The maximum Gasteiger partial charge on any atom is 0.333 e. The van der Waals surface area contributed by atoms with Crippen molar-refractivity contribution in [1.82, 2.24) is 34.3 Å². The number of fused-ring (bicyclic) bond motifs is 1. The lowest BCUT2D eigenvalue weighted by molar-refractivity contribution is -0.112. The van der Waals surface area contributed by atoms with E-state index in [4.69, 9.17) is 10.5 Å². The van der Waals surface area contributed by atoms with Gasteiger partial charge in [-0.2, -0.15) is 23.8 Å². The highest BCUT2D eigenvalue weighted by Gasteiger charge is 2.21. The van der Waals surface area contributed by atoms with Gasteiger partial charge in [0.05, 0.1) is 42.6 Å². The highest BCUT2D eigenvalue weighted by molar-refractivity contribution is 6.17. The first kappa shape index (κ1) is 23.3. The molecule has 1 amide bonds. The topological polar surface area (TPSA) is 142 Å². The number of pyridine rings is 1. The second kappa shape index (κ2) is 9.65. The van der Waals surface area contributed by atoms with Crippen LogP contribution in [0.5, 0.6) is 0 Å². The molecule has 0 unspecified atom stereocenters. The summed E-state index contributed by atoms with van der Waals surface area (Å²) in [5, 5.41) is 6.97. The fourth-order valence-electron chi connectivity index (χ4n) is 3.68. The molecule has 12 nitrogen and oxygen atoms in total. The third-order valence-electron chi connectivity index (χ3n) is 5.64. The number of halogens is 2. The van der Waals surface area contributed by atoms with Crippen LogP contribution in [0.3, 0.4) is 0 Å². The Bertz CT molecular complexity index is 1410. The van der Waals surface area contributed by atoms with E-state index in [-0.39, 0.29) is 5.57 Å². The maximum absolute atomic E-state index is 13.1. The summed E-state index contributed by atoms with van der Waals surface area (Å²) in [7, 11) is 0. The van der Waals surface area contributed by atoms with E-state index in [2.05, 4.69) is 36.9 Å². The molecule has 14 heteroatoms. The highest BCUT2D eigenvalue weighted by atomic mass is 19.3. The molecule has 1 aliphatic rings. The first-order valence-corrected chi connectivity index (χ1v) is 11.0. The number of nitrogens with zero attached hydrogens (tertiary/aromatic N) is 8. The number of hydrogen-bond donors (Lipinski definition) is 2. The quantitative estimate of drug-likeness (QED) is 0.349. The van der Waals surface area contributed by atoms with E-state index in [1.165, 1.54) is 18.7 Å². The van der Waals surface area contributed by atoms with E-state index >= 15 is 0 Å². The third-order valence-corrected chi connectivity index (χ3v) is 5.64. The molecule has 3 N–H and O–H groups in total. The second-order valence-corrected chi connectivity index (χ2v) is 7.96. The first-order valence-electron chi connectivity index (χ1n) is 11.0. The van der Waals surface area contributed by atoms with Gasteiger partial charge in [-0.3, -0.25) is 14.3 Å². The second-order valence-electron chi connectivity index (χ2n) is 7.96. The molecule has 5 heterocycles. The van der Waals surface area contributed by atoms with Crippen LogP contribution in [0.2, 0.25) is 0 Å². The number of morpholine rings is 1. The third kappa shape index (κ3) is 4.57. The zero-order valence-corrected chi connectivity index (χ0v) is 19.0. The predicted octanol–water partition coefficient (Wildman–Crippen LogP) is 1.75. The van der Waals surface area contributed by atoms with E-state index in [1.54, 1.807) is 22.9 Å². The van der Waals surface area contributed by atoms with E-state index in [0.29, 0.717) is 71.8 Å². The summed E-state index contributed by atoms with van der Waals surface area (Å²) in [6.07, 6.45) is 5.65. The van der Waals surface area contributed by atoms with Gasteiger partial charge in [0.1, 0.15) is 6.33 Å². The fourth-order valence-corrected chi connectivity index (χ4v) is 3.68. The number of imidazole rings is 1. The lowest BCUT2D eigenvalue weighted by Gasteiger charge is -2.27. The predicted molar refractivity (Wildman–Crippen MR) is 127 cm³/mol. The number of anilines is 2. The van der Waals surface area contributed by atoms with Gasteiger partial charge < -0.3 is 20.7 Å². The van der Waals surface area contributed by atoms with Crippen LogP contribution in [-0.2, 0) is 16.1 Å². The van der Waals surface area contributed by atoms with Gasteiger partial charge in [0.15, 0.2) is 17.0 Å². The summed E-state index contributed by atoms with van der Waals surface area (Å²) in [5.41, 5.74) is 7.89. The van der Waals surface area contributed by atoms with Gasteiger partial charge in [0.2, 0.25) is 11.9 Å². The van der Waals surface area contributed by atoms with Crippen molar-refractivity contribution in [2.45, 2.75) is 13.1 Å². The van der Waals surface area contributed by atoms with Gasteiger partial charge in [-0.25, -0.2) is 9.67 Å². The van der Waals surface area contributed by atoms with Crippen LogP contribution < -0.4 is 16.0 Å². The number of amides is 1. The van der Waals surface area contributed by atoms with Crippen molar-refractivity contribution < 1.29 is 18.3 Å². The molecular formula is C22H22F2N10O2. The Morgan fingerprint density at radius 2 is 2.00 bits per heavy atom. The van der Waals surface area contributed by atoms with Gasteiger partial charge >= 0.3 is 6.55 Å². The van der Waals surface area contributed by atoms with E-state index in [1.807, 2.05) is 4.90 Å². The van der Waals surface area contributed by atoms with Crippen LogP contribution in [0, 0.1) is 0 Å². The molecule has 0 spiro atoms. The molecule has 0 atom stereocenters. The summed E-state index contributed by atoms with van der Waals surface area (Å²) in [5.74, 6) is 0.289. The lowest BCUT2D eigenvalue weighted by Crippen LogP contribution is -2.37. The molecule has 4 aromatic rings. The molecule has 1 saturated heterocycles. The van der Waals surface area contributed by atoms with Crippen LogP contribution in [0.1, 0.15) is 17.8 Å². The average Bonchev–Trinajstić information content (AvgIpc) is 3.55. The summed E-state index contributed by atoms with van der Waals surface area (Å²) in [6.45, 7) is 3.52. The van der Waals surface area contributed by atoms with Crippen molar-refractivity contribution in [3.05, 3.63) is 54.9 Å². The van der Waals surface area contributed by atoms with E-state index < -0.39 is 12.5 Å². The highest BCUT2D eigenvalue weighted by Crippen LogP contribution is 2.26. The molecule has 0 aromatic carbocycles. The summed E-state index contributed by atoms with van der Waals surface area (Å²) < 4.78 is 33.7. The zero-order valence-electron chi connectivity index (χ0n) is 19.0. The minimum absolute atomic E-state index is 0.128. The van der Waals surface area contributed by atoms with E-state index in [0.717, 1.165) is 5.56 Å². The molecule has 1 fully saturated rings. The number of ether oxygens (including phenoxy) is 1. The fraction of sp³-hybridized carbons (Fsp3) is 0.273. The summed E-state index contributed by atoms with van der Waals surface area (Å²) >= 11 is 0. The van der Waals surface area contributed by atoms with Gasteiger partial charge in [-0.15, -0.1) is 0 Å². The number of nitrogens with two attached hydrogens (primary N) is 1. The lowest BCUT2D eigenvalue weighted by atomic mass is 10.1. The number of carbonyl (C=O) groups is 1. The van der Waals surface area contributed by atoms with Crippen molar-refractivity contribution in [3.63, 3.8) is 0 Å². The van der Waals surface area contributed by atoms with Crippen LogP contribution in [0.25, 0.3) is 22.4 Å². The van der Waals surface area contributed by atoms with E-state index in [9.17, 15) is 13.6 Å². The minimum Gasteiger partial charge on any atom is -0.378 e. The Labute approximate surface area is 203 Å². The number of alkyl halides is 2. The number of nitrogens with one attached hydrogen (secondary N) is 1. The number of rotatable bonds is 8. The van der Waals surface area contributed by atoms with Crippen LogP contribution in [0.4, 0.5) is 20.5 Å². The summed E-state index contributed by atoms with van der Waals surface area (Å²) in [6, 6.07) is 3.45.